The topological polar surface area (TPSA) is 41.6 Å². The molecule has 17 heavy (non-hydrogen) atoms. The van der Waals surface area contributed by atoms with Crippen molar-refractivity contribution in [2.45, 2.75) is 52.2 Å². The minimum atomic E-state index is 0.176. The van der Waals surface area contributed by atoms with Crippen LogP contribution >= 0.6 is 0 Å². The van der Waals surface area contributed by atoms with Crippen LogP contribution in [-0.2, 0) is 9.53 Å². The lowest BCUT2D eigenvalue weighted by Gasteiger charge is -2.22. The molecular formula is C13H26N2O2. The first-order chi connectivity index (χ1) is 8.09. The van der Waals surface area contributed by atoms with Gasteiger partial charge in [-0.25, -0.2) is 0 Å². The number of ether oxygens (including phenoxy) is 1. The van der Waals surface area contributed by atoms with Gasteiger partial charge < -0.3 is 15.0 Å². The molecule has 1 atom stereocenters. The Morgan fingerprint density at radius 1 is 1.53 bits per heavy atom. The van der Waals surface area contributed by atoms with Crippen molar-refractivity contribution in [2.24, 2.45) is 0 Å². The molecule has 1 fully saturated rings. The van der Waals surface area contributed by atoms with Crippen LogP contribution in [0.1, 0.15) is 40.0 Å². The minimum Gasteiger partial charge on any atom is -0.377 e. The highest BCUT2D eigenvalue weighted by molar-refractivity contribution is 5.76. The summed E-state index contributed by atoms with van der Waals surface area (Å²) in [4.78, 5) is 13.9. The molecule has 0 aromatic carbocycles. The molecule has 1 aliphatic rings. The molecular weight excluding hydrogens is 216 g/mol. The van der Waals surface area contributed by atoms with Crippen LogP contribution in [0.25, 0.3) is 0 Å². The summed E-state index contributed by atoms with van der Waals surface area (Å²) in [6.07, 6.45) is 2.70. The molecule has 0 saturated carbocycles. The molecule has 1 aliphatic heterocycles. The van der Waals surface area contributed by atoms with Crippen molar-refractivity contribution in [3.05, 3.63) is 0 Å². The predicted octanol–water partition coefficient (Wildman–Crippen LogP) is 1.40. The summed E-state index contributed by atoms with van der Waals surface area (Å²) in [7, 11) is 0. The average molecular weight is 242 g/mol. The van der Waals surface area contributed by atoms with E-state index in [4.69, 9.17) is 4.74 Å². The van der Waals surface area contributed by atoms with E-state index in [-0.39, 0.29) is 12.0 Å². The second-order valence-corrected chi connectivity index (χ2v) is 5.09. The van der Waals surface area contributed by atoms with Crippen LogP contribution in [-0.4, -0.2) is 49.2 Å². The molecule has 0 radical (unpaired) electrons. The van der Waals surface area contributed by atoms with Crippen molar-refractivity contribution in [1.82, 2.24) is 10.2 Å². The highest BCUT2D eigenvalue weighted by Crippen LogP contribution is 2.07. The largest absolute Gasteiger partial charge is 0.377 e. The molecule has 0 bridgehead atoms. The van der Waals surface area contributed by atoms with Gasteiger partial charge in [0.25, 0.3) is 0 Å². The van der Waals surface area contributed by atoms with E-state index in [0.717, 1.165) is 39.1 Å². The number of amides is 1. The Hall–Kier alpha value is -0.610. The van der Waals surface area contributed by atoms with E-state index < -0.39 is 0 Å². The number of rotatable bonds is 5. The van der Waals surface area contributed by atoms with Gasteiger partial charge in [0.1, 0.15) is 0 Å². The summed E-state index contributed by atoms with van der Waals surface area (Å²) in [5.41, 5.74) is 0. The summed E-state index contributed by atoms with van der Waals surface area (Å²) >= 11 is 0. The van der Waals surface area contributed by atoms with E-state index in [1.54, 1.807) is 0 Å². The fourth-order valence-corrected chi connectivity index (χ4v) is 2.01. The van der Waals surface area contributed by atoms with Gasteiger partial charge in [-0.05, 0) is 26.3 Å². The molecule has 1 saturated heterocycles. The summed E-state index contributed by atoms with van der Waals surface area (Å²) in [5, 5.41) is 3.33. The lowest BCUT2D eigenvalue weighted by atomic mass is 10.2. The van der Waals surface area contributed by atoms with Crippen molar-refractivity contribution in [1.29, 1.82) is 0 Å². The second kappa shape index (κ2) is 7.67. The first kappa shape index (κ1) is 14.5. The van der Waals surface area contributed by atoms with Crippen molar-refractivity contribution in [3.8, 4) is 0 Å². The normalized spacial score (nSPS) is 21.6. The summed E-state index contributed by atoms with van der Waals surface area (Å²) in [5.74, 6) is 0.271. The molecule has 0 spiro atoms. The molecule has 1 N–H and O–H groups in total. The zero-order chi connectivity index (χ0) is 12.7. The van der Waals surface area contributed by atoms with Crippen LogP contribution in [0, 0.1) is 0 Å². The molecule has 0 aliphatic carbocycles. The first-order valence-corrected chi connectivity index (χ1v) is 6.72. The zero-order valence-electron chi connectivity index (χ0n) is 11.4. The van der Waals surface area contributed by atoms with Gasteiger partial charge >= 0.3 is 0 Å². The molecule has 4 nitrogen and oxygen atoms in total. The third-order valence-electron chi connectivity index (χ3n) is 2.92. The summed E-state index contributed by atoms with van der Waals surface area (Å²) < 4.78 is 5.53. The first-order valence-electron chi connectivity index (χ1n) is 6.72. The molecule has 0 aromatic heterocycles. The van der Waals surface area contributed by atoms with Crippen molar-refractivity contribution in [3.63, 3.8) is 0 Å². The van der Waals surface area contributed by atoms with Crippen LogP contribution in [0.3, 0.4) is 0 Å². The maximum atomic E-state index is 12.0. The predicted molar refractivity (Wildman–Crippen MR) is 69.0 cm³/mol. The number of hydrogen-bond donors (Lipinski definition) is 1. The number of nitrogens with zero attached hydrogens (tertiary/aromatic N) is 1. The Balaban J connectivity index is 2.21. The van der Waals surface area contributed by atoms with E-state index in [1.165, 1.54) is 0 Å². The van der Waals surface area contributed by atoms with E-state index in [1.807, 2.05) is 11.8 Å². The molecule has 1 amide bonds. The van der Waals surface area contributed by atoms with Crippen molar-refractivity contribution in [2.75, 3.05) is 26.2 Å². The van der Waals surface area contributed by atoms with Gasteiger partial charge in [0, 0.05) is 32.2 Å². The number of carbonyl (C=O) groups excluding carboxylic acids is 1. The summed E-state index contributed by atoms with van der Waals surface area (Å²) in [6, 6.07) is 0.497. The molecule has 0 aromatic rings. The maximum absolute atomic E-state index is 12.0. The third kappa shape index (κ3) is 6.03. The van der Waals surface area contributed by atoms with Gasteiger partial charge in [0.15, 0.2) is 0 Å². The molecule has 100 valence electrons. The highest BCUT2D eigenvalue weighted by Gasteiger charge is 2.19. The zero-order valence-corrected chi connectivity index (χ0v) is 11.4. The van der Waals surface area contributed by atoms with Gasteiger partial charge in [-0.1, -0.05) is 13.8 Å². The lowest BCUT2D eigenvalue weighted by Crippen LogP contribution is -2.36. The second-order valence-electron chi connectivity index (χ2n) is 5.09. The standard InChI is InChI=1S/C13H26N2O2/c1-11(2)14-7-4-6-13(16)15-8-5-9-17-12(3)10-15/h11-12,14H,4-10H2,1-3H3. The molecule has 4 heteroatoms. The van der Waals surface area contributed by atoms with Crippen LogP contribution in [0.15, 0.2) is 0 Å². The van der Waals surface area contributed by atoms with E-state index >= 15 is 0 Å². The Morgan fingerprint density at radius 3 is 3.00 bits per heavy atom. The highest BCUT2D eigenvalue weighted by atomic mass is 16.5. The number of hydrogen-bond acceptors (Lipinski definition) is 3. The van der Waals surface area contributed by atoms with Crippen LogP contribution in [0.5, 0.6) is 0 Å². The quantitative estimate of drug-likeness (QED) is 0.741. The van der Waals surface area contributed by atoms with Crippen LogP contribution in [0.2, 0.25) is 0 Å². The molecule has 1 rings (SSSR count). The Bertz CT molecular complexity index is 231. The molecule has 1 heterocycles. The Labute approximate surface area is 105 Å². The van der Waals surface area contributed by atoms with Crippen LogP contribution in [0.4, 0.5) is 0 Å². The number of nitrogens with one attached hydrogen (secondary N) is 1. The van der Waals surface area contributed by atoms with E-state index in [9.17, 15) is 4.79 Å². The smallest absolute Gasteiger partial charge is 0.222 e. The maximum Gasteiger partial charge on any atom is 0.222 e. The third-order valence-corrected chi connectivity index (χ3v) is 2.92. The number of carbonyl (C=O) groups is 1. The van der Waals surface area contributed by atoms with E-state index in [2.05, 4.69) is 19.2 Å². The lowest BCUT2D eigenvalue weighted by molar-refractivity contribution is -0.131. The van der Waals surface area contributed by atoms with Gasteiger partial charge in [-0.2, -0.15) is 0 Å². The fourth-order valence-electron chi connectivity index (χ4n) is 2.01. The summed E-state index contributed by atoms with van der Waals surface area (Å²) in [6.45, 7) is 9.57. The molecule has 1 unspecified atom stereocenters. The Morgan fingerprint density at radius 2 is 2.29 bits per heavy atom. The average Bonchev–Trinajstić information content (AvgIpc) is 2.48. The monoisotopic (exact) mass is 242 g/mol. The van der Waals surface area contributed by atoms with Gasteiger partial charge in [-0.15, -0.1) is 0 Å². The fraction of sp³-hybridized carbons (Fsp3) is 0.923. The van der Waals surface area contributed by atoms with Gasteiger partial charge in [-0.3, -0.25) is 4.79 Å². The van der Waals surface area contributed by atoms with Gasteiger partial charge in [0.2, 0.25) is 5.91 Å². The van der Waals surface area contributed by atoms with E-state index in [0.29, 0.717) is 12.5 Å². The SMILES string of the molecule is CC(C)NCCCC(=O)N1CCCOC(C)C1. The Kier molecular flexibility index (Phi) is 6.52. The minimum absolute atomic E-state index is 0.176. The van der Waals surface area contributed by atoms with Crippen LogP contribution < -0.4 is 5.32 Å². The van der Waals surface area contributed by atoms with Gasteiger partial charge in [0.05, 0.1) is 6.10 Å². The van der Waals surface area contributed by atoms with Crippen molar-refractivity contribution >= 4 is 5.91 Å². The van der Waals surface area contributed by atoms with Crippen molar-refractivity contribution < 1.29 is 9.53 Å².